The summed E-state index contributed by atoms with van der Waals surface area (Å²) in [6.07, 6.45) is 0. The molecule has 1 unspecified atom stereocenters. The van der Waals surface area contributed by atoms with Crippen LogP contribution < -0.4 is 0 Å². The van der Waals surface area contributed by atoms with Crippen molar-refractivity contribution in [2.24, 2.45) is 0 Å². The Morgan fingerprint density at radius 3 is 2.50 bits per heavy atom. The molecule has 1 aromatic heterocycles. The highest BCUT2D eigenvalue weighted by Crippen LogP contribution is 2.23. The van der Waals surface area contributed by atoms with Gasteiger partial charge in [0.15, 0.2) is 0 Å². The van der Waals surface area contributed by atoms with Gasteiger partial charge < -0.3 is 14.4 Å². The molecule has 0 amide bonds. The second-order valence-electron chi connectivity index (χ2n) is 4.49. The third-order valence-corrected chi connectivity index (χ3v) is 3.24. The van der Waals surface area contributed by atoms with Gasteiger partial charge in [-0.25, -0.2) is 0 Å². The van der Waals surface area contributed by atoms with Crippen molar-refractivity contribution in [1.82, 2.24) is 9.80 Å². The fourth-order valence-electron chi connectivity index (χ4n) is 2.15. The van der Waals surface area contributed by atoms with E-state index in [9.17, 15) is 5.11 Å². The number of aliphatic hydroxyl groups excluding tert-OH is 1. The molecule has 1 fully saturated rings. The van der Waals surface area contributed by atoms with E-state index in [1.54, 1.807) is 0 Å². The molecule has 4 nitrogen and oxygen atoms in total. The van der Waals surface area contributed by atoms with Crippen molar-refractivity contribution in [1.29, 1.82) is 0 Å². The van der Waals surface area contributed by atoms with E-state index in [0.717, 1.165) is 37.7 Å². The molecule has 2 heterocycles. The minimum Gasteiger partial charge on any atom is -0.465 e. The Kier molecular flexibility index (Phi) is 3.63. The first-order chi connectivity index (χ1) is 7.70. The highest BCUT2D eigenvalue weighted by atomic mass is 16.3. The predicted molar refractivity (Wildman–Crippen MR) is 62.3 cm³/mol. The molecule has 0 radical (unpaired) electrons. The fourth-order valence-corrected chi connectivity index (χ4v) is 2.15. The van der Waals surface area contributed by atoms with Gasteiger partial charge in [0.1, 0.15) is 11.5 Å². The number of aryl methyl sites for hydroxylation is 1. The summed E-state index contributed by atoms with van der Waals surface area (Å²) < 4.78 is 5.60. The number of hydrogen-bond donors (Lipinski definition) is 1. The fraction of sp³-hybridized carbons (Fsp3) is 0.667. The van der Waals surface area contributed by atoms with E-state index < -0.39 is 0 Å². The maximum Gasteiger partial charge on any atom is 0.123 e. The lowest BCUT2D eigenvalue weighted by atomic mass is 10.1. The molecule has 0 aromatic carbocycles. The van der Waals surface area contributed by atoms with Crippen molar-refractivity contribution in [3.8, 4) is 0 Å². The van der Waals surface area contributed by atoms with Crippen LogP contribution in [0.4, 0.5) is 0 Å². The van der Waals surface area contributed by atoms with Crippen LogP contribution in [0, 0.1) is 6.92 Å². The van der Waals surface area contributed by atoms with Crippen LogP contribution in [-0.2, 0) is 0 Å². The van der Waals surface area contributed by atoms with Gasteiger partial charge in [0.2, 0.25) is 0 Å². The molecule has 1 aromatic rings. The molecule has 1 aliphatic heterocycles. The van der Waals surface area contributed by atoms with E-state index in [1.165, 1.54) is 0 Å². The number of piperazine rings is 1. The lowest BCUT2D eigenvalue weighted by Crippen LogP contribution is -2.46. The number of likely N-dealkylation sites (N-methyl/N-ethyl adjacent to an activating group) is 1. The summed E-state index contributed by atoms with van der Waals surface area (Å²) in [5.41, 5.74) is 0. The second kappa shape index (κ2) is 4.99. The Morgan fingerprint density at radius 2 is 2.00 bits per heavy atom. The molecule has 4 heteroatoms. The van der Waals surface area contributed by atoms with Crippen molar-refractivity contribution in [3.05, 3.63) is 23.7 Å². The first-order valence-electron chi connectivity index (χ1n) is 5.80. The number of furan rings is 1. The van der Waals surface area contributed by atoms with Gasteiger partial charge in [-0.15, -0.1) is 0 Å². The van der Waals surface area contributed by atoms with Crippen molar-refractivity contribution in [2.45, 2.75) is 13.0 Å². The maximum absolute atomic E-state index is 9.49. The number of aliphatic hydroxyl groups is 1. The summed E-state index contributed by atoms with van der Waals surface area (Å²) in [4.78, 5) is 4.59. The predicted octanol–water partition coefficient (Wildman–Crippen LogP) is 0.869. The molecule has 0 spiro atoms. The van der Waals surface area contributed by atoms with E-state index in [4.69, 9.17) is 4.42 Å². The van der Waals surface area contributed by atoms with Gasteiger partial charge in [-0.2, -0.15) is 0 Å². The molecule has 0 bridgehead atoms. The largest absolute Gasteiger partial charge is 0.465 e. The molecule has 90 valence electrons. The smallest absolute Gasteiger partial charge is 0.123 e. The molecule has 1 N–H and O–H groups in total. The first-order valence-corrected chi connectivity index (χ1v) is 5.80. The van der Waals surface area contributed by atoms with Crippen molar-refractivity contribution >= 4 is 0 Å². The third kappa shape index (κ3) is 2.45. The van der Waals surface area contributed by atoms with E-state index in [-0.39, 0.29) is 12.6 Å². The molecular weight excluding hydrogens is 204 g/mol. The number of nitrogens with zero attached hydrogens (tertiary/aromatic N) is 2. The van der Waals surface area contributed by atoms with E-state index in [2.05, 4.69) is 16.8 Å². The highest BCUT2D eigenvalue weighted by Gasteiger charge is 2.25. The zero-order chi connectivity index (χ0) is 11.5. The van der Waals surface area contributed by atoms with Crippen LogP contribution >= 0.6 is 0 Å². The average Bonchev–Trinajstić information content (AvgIpc) is 2.69. The molecule has 0 saturated carbocycles. The number of hydrogen-bond acceptors (Lipinski definition) is 4. The van der Waals surface area contributed by atoms with E-state index in [1.807, 2.05) is 19.1 Å². The minimum absolute atomic E-state index is 0.0161. The topological polar surface area (TPSA) is 39.9 Å². The van der Waals surface area contributed by atoms with Crippen LogP contribution in [0.5, 0.6) is 0 Å². The van der Waals surface area contributed by atoms with Gasteiger partial charge in [-0.3, -0.25) is 4.90 Å². The normalized spacial score (nSPS) is 21.2. The van der Waals surface area contributed by atoms with Crippen LogP contribution in [0.3, 0.4) is 0 Å². The third-order valence-electron chi connectivity index (χ3n) is 3.24. The summed E-state index contributed by atoms with van der Waals surface area (Å²) in [6, 6.07) is 3.94. The summed E-state index contributed by atoms with van der Waals surface area (Å²) in [5.74, 6) is 1.78. The molecule has 1 saturated heterocycles. The lowest BCUT2D eigenvalue weighted by molar-refractivity contribution is 0.0633. The van der Waals surface area contributed by atoms with Crippen LogP contribution in [0.15, 0.2) is 16.5 Å². The Hall–Kier alpha value is -0.840. The summed E-state index contributed by atoms with van der Waals surface area (Å²) in [7, 11) is 2.13. The second-order valence-corrected chi connectivity index (χ2v) is 4.49. The zero-order valence-corrected chi connectivity index (χ0v) is 10.0. The van der Waals surface area contributed by atoms with E-state index >= 15 is 0 Å². The quantitative estimate of drug-likeness (QED) is 0.827. The highest BCUT2D eigenvalue weighted by molar-refractivity contribution is 5.10. The van der Waals surface area contributed by atoms with Gasteiger partial charge in [0.25, 0.3) is 0 Å². The maximum atomic E-state index is 9.49. The van der Waals surface area contributed by atoms with Gasteiger partial charge in [0, 0.05) is 26.2 Å². The number of rotatable bonds is 3. The monoisotopic (exact) mass is 224 g/mol. The van der Waals surface area contributed by atoms with Crippen molar-refractivity contribution in [3.63, 3.8) is 0 Å². The van der Waals surface area contributed by atoms with Gasteiger partial charge >= 0.3 is 0 Å². The minimum atomic E-state index is 0.0161. The van der Waals surface area contributed by atoms with E-state index in [0.29, 0.717) is 0 Å². The molecule has 1 atom stereocenters. The average molecular weight is 224 g/mol. The molecule has 1 aliphatic rings. The summed E-state index contributed by atoms with van der Waals surface area (Å²) in [5, 5.41) is 9.49. The lowest BCUT2D eigenvalue weighted by Gasteiger charge is -2.36. The van der Waals surface area contributed by atoms with Gasteiger partial charge in [0.05, 0.1) is 12.6 Å². The zero-order valence-electron chi connectivity index (χ0n) is 10.0. The SMILES string of the molecule is Cc1ccc(C(CO)N2CCN(C)CC2)o1. The molecule has 2 rings (SSSR count). The van der Waals surface area contributed by atoms with Gasteiger partial charge in [-0.1, -0.05) is 0 Å². The van der Waals surface area contributed by atoms with Crippen LogP contribution in [0.1, 0.15) is 17.6 Å². The molecular formula is C12H20N2O2. The summed E-state index contributed by atoms with van der Waals surface area (Å²) >= 11 is 0. The Labute approximate surface area is 96.5 Å². The summed E-state index contributed by atoms with van der Waals surface area (Å²) in [6.45, 7) is 6.13. The van der Waals surface area contributed by atoms with Crippen LogP contribution in [-0.4, -0.2) is 54.7 Å². The molecule has 16 heavy (non-hydrogen) atoms. The van der Waals surface area contributed by atoms with Crippen molar-refractivity contribution in [2.75, 3.05) is 39.8 Å². The van der Waals surface area contributed by atoms with Crippen LogP contribution in [0.25, 0.3) is 0 Å². The Morgan fingerprint density at radius 1 is 1.31 bits per heavy atom. The first kappa shape index (κ1) is 11.6. The Bertz CT molecular complexity index is 330. The Balaban J connectivity index is 2.05. The standard InChI is InChI=1S/C12H20N2O2/c1-10-3-4-12(16-10)11(9-15)14-7-5-13(2)6-8-14/h3-4,11,15H,5-9H2,1-2H3. The van der Waals surface area contributed by atoms with Crippen LogP contribution in [0.2, 0.25) is 0 Å². The van der Waals surface area contributed by atoms with Crippen molar-refractivity contribution < 1.29 is 9.52 Å². The van der Waals surface area contributed by atoms with Gasteiger partial charge in [-0.05, 0) is 26.1 Å². The molecule has 0 aliphatic carbocycles.